The summed E-state index contributed by atoms with van der Waals surface area (Å²) in [5, 5.41) is 0. The van der Waals surface area contributed by atoms with Crippen LogP contribution in [0.3, 0.4) is 0 Å². The summed E-state index contributed by atoms with van der Waals surface area (Å²) in [7, 11) is -0.701. The van der Waals surface area contributed by atoms with Crippen molar-refractivity contribution in [2.24, 2.45) is 5.92 Å². The van der Waals surface area contributed by atoms with E-state index in [0.717, 1.165) is 5.92 Å². The smallest absolute Gasteiger partial charge is 0.181 e. The minimum absolute atomic E-state index is 0.701. The number of rotatable bonds is 3. The molecule has 0 fully saturated rings. The molecular formula is C7H16AlBr3. The van der Waals surface area contributed by atoms with Crippen LogP contribution < -0.4 is 0 Å². The van der Waals surface area contributed by atoms with Gasteiger partial charge in [0.2, 0.25) is 0 Å². The minimum Gasteiger partial charge on any atom is -0.181 e. The topological polar surface area (TPSA) is 0 Å². The lowest BCUT2D eigenvalue weighted by atomic mass is 10.1. The average Bonchev–Trinajstić information content (AvgIpc) is 1.82. The molecule has 0 saturated carbocycles. The minimum atomic E-state index is -0.701. The van der Waals surface area contributed by atoms with Crippen LogP contribution in [0.1, 0.15) is 40.0 Å². The molecule has 0 aromatic carbocycles. The second-order valence-corrected chi connectivity index (χ2v) is 22.6. The first-order chi connectivity index (χ1) is 5.00. The molecule has 11 heavy (non-hydrogen) atoms. The van der Waals surface area contributed by atoms with E-state index >= 15 is 0 Å². The first kappa shape index (κ1) is 15.4. The van der Waals surface area contributed by atoms with Gasteiger partial charge >= 0.3 is 8.67 Å². The van der Waals surface area contributed by atoms with Crippen LogP contribution >= 0.6 is 42.2 Å². The van der Waals surface area contributed by atoms with Crippen LogP contribution in [0.5, 0.6) is 0 Å². The van der Waals surface area contributed by atoms with Crippen molar-refractivity contribution in [2.75, 3.05) is 0 Å². The van der Waals surface area contributed by atoms with Crippen molar-refractivity contribution in [3.8, 4) is 0 Å². The molecule has 68 valence electrons. The molecule has 0 bridgehead atoms. The predicted octanol–water partition coefficient (Wildman–Crippen LogP) is 4.99. The van der Waals surface area contributed by atoms with Gasteiger partial charge in [-0.2, -0.15) is 42.2 Å². The second-order valence-electron chi connectivity index (χ2n) is 2.78. The van der Waals surface area contributed by atoms with E-state index in [1.807, 2.05) is 0 Å². The first-order valence-electron chi connectivity index (χ1n) is 3.92. The van der Waals surface area contributed by atoms with E-state index in [0.29, 0.717) is 0 Å². The van der Waals surface area contributed by atoms with E-state index in [9.17, 15) is 0 Å². The van der Waals surface area contributed by atoms with Gasteiger partial charge in [0.1, 0.15) is 0 Å². The highest BCUT2D eigenvalue weighted by Gasteiger charge is 1.95. The van der Waals surface area contributed by atoms with Gasteiger partial charge in [0.15, 0.2) is 0 Å². The molecule has 0 aliphatic carbocycles. The number of hydrogen-bond acceptors (Lipinski definition) is 0. The van der Waals surface area contributed by atoms with Crippen LogP contribution in [0.25, 0.3) is 0 Å². The van der Waals surface area contributed by atoms with Crippen molar-refractivity contribution < 1.29 is 0 Å². The maximum atomic E-state index is 3.24. The fourth-order valence-electron chi connectivity index (χ4n) is 0.612. The Morgan fingerprint density at radius 3 is 1.64 bits per heavy atom. The molecule has 4 heteroatoms. The average molecular weight is 367 g/mol. The fraction of sp³-hybridized carbons (Fsp3) is 1.00. The molecule has 0 aromatic heterocycles. The molecule has 0 heterocycles. The number of hydrogen-bond donors (Lipinski definition) is 0. The highest BCUT2D eigenvalue weighted by atomic mass is 80.0. The molecule has 0 N–H and O–H groups in total. The molecule has 0 aromatic rings. The maximum Gasteiger partial charge on any atom is 0.542 e. The number of halogens is 3. The lowest BCUT2D eigenvalue weighted by molar-refractivity contribution is 0.550. The van der Waals surface area contributed by atoms with E-state index in [-0.39, 0.29) is 0 Å². The van der Waals surface area contributed by atoms with Gasteiger partial charge in [-0.3, -0.25) is 0 Å². The van der Waals surface area contributed by atoms with E-state index in [2.05, 4.69) is 62.9 Å². The molecule has 0 amide bonds. The summed E-state index contributed by atoms with van der Waals surface area (Å²) in [6, 6.07) is 0. The Morgan fingerprint density at radius 1 is 1.18 bits per heavy atom. The summed E-state index contributed by atoms with van der Waals surface area (Å²) in [5.41, 5.74) is 0. The van der Waals surface area contributed by atoms with Crippen molar-refractivity contribution in [1.82, 2.24) is 0 Å². The Labute approximate surface area is 95.9 Å². The molecule has 0 nitrogen and oxygen atoms in total. The van der Waals surface area contributed by atoms with Gasteiger partial charge in [-0.15, -0.1) is 0 Å². The normalized spacial score (nSPS) is 9.00. The van der Waals surface area contributed by atoms with Crippen molar-refractivity contribution >= 4 is 50.8 Å². The Bertz CT molecular complexity index is 64.0. The summed E-state index contributed by atoms with van der Waals surface area (Å²) >= 11 is 9.73. The third kappa shape index (κ3) is 33.4. The molecule has 0 aliphatic heterocycles. The zero-order chi connectivity index (χ0) is 9.28. The molecule has 0 radical (unpaired) electrons. The van der Waals surface area contributed by atoms with Crippen molar-refractivity contribution in [2.45, 2.75) is 40.0 Å². The van der Waals surface area contributed by atoms with Gasteiger partial charge in [-0.05, 0) is 5.92 Å². The van der Waals surface area contributed by atoms with Crippen LogP contribution in [0.4, 0.5) is 0 Å². The summed E-state index contributed by atoms with van der Waals surface area (Å²) in [5.74, 6) is 0.903. The fourth-order valence-corrected chi connectivity index (χ4v) is 0.612. The second kappa shape index (κ2) is 12.0. The molecule has 0 rings (SSSR count). The Hall–Kier alpha value is 1.97. The van der Waals surface area contributed by atoms with Gasteiger partial charge in [-0.25, -0.2) is 0 Å². The summed E-state index contributed by atoms with van der Waals surface area (Å²) in [6.07, 6.45) is 4.15. The molecule has 0 saturated heterocycles. The van der Waals surface area contributed by atoms with Crippen LogP contribution in [0, 0.1) is 5.92 Å². The Balaban J connectivity index is 0. The monoisotopic (exact) mass is 364 g/mol. The van der Waals surface area contributed by atoms with Gasteiger partial charge < -0.3 is 0 Å². The zero-order valence-electron chi connectivity index (χ0n) is 7.41. The van der Waals surface area contributed by atoms with Crippen LogP contribution in [0.2, 0.25) is 0 Å². The predicted molar refractivity (Wildman–Crippen MR) is 66.9 cm³/mol. The van der Waals surface area contributed by atoms with Crippen molar-refractivity contribution in [3.05, 3.63) is 0 Å². The lowest BCUT2D eigenvalue weighted by Crippen LogP contribution is -1.83. The SMILES string of the molecule is CCCCC(C)C.[Br][Al]([Br])[Br]. The molecule has 0 unspecified atom stereocenters. The molecule has 0 atom stereocenters. The van der Waals surface area contributed by atoms with E-state index in [1.165, 1.54) is 19.3 Å². The number of unbranched alkanes of at least 4 members (excludes halogenated alkanes) is 1. The highest BCUT2D eigenvalue weighted by molar-refractivity contribution is 9.69. The molecular weight excluding hydrogens is 351 g/mol. The molecule has 0 aliphatic rings. The molecule has 0 spiro atoms. The quantitative estimate of drug-likeness (QED) is 0.617. The zero-order valence-corrected chi connectivity index (χ0v) is 13.3. The van der Waals surface area contributed by atoms with Gasteiger partial charge in [-0.1, -0.05) is 40.0 Å². The van der Waals surface area contributed by atoms with Gasteiger partial charge in [0.25, 0.3) is 0 Å². The third-order valence-electron chi connectivity index (χ3n) is 1.14. The van der Waals surface area contributed by atoms with E-state index < -0.39 is 8.67 Å². The van der Waals surface area contributed by atoms with Gasteiger partial charge in [0, 0.05) is 0 Å². The summed E-state index contributed by atoms with van der Waals surface area (Å²) in [6.45, 7) is 6.79. The highest BCUT2D eigenvalue weighted by Crippen LogP contribution is 2.07. The van der Waals surface area contributed by atoms with E-state index in [1.54, 1.807) is 0 Å². The first-order valence-corrected chi connectivity index (χ1v) is 13.5. The van der Waals surface area contributed by atoms with Crippen LogP contribution in [0.15, 0.2) is 0 Å². The largest absolute Gasteiger partial charge is 0.542 e. The Morgan fingerprint density at radius 2 is 1.55 bits per heavy atom. The summed E-state index contributed by atoms with van der Waals surface area (Å²) < 4.78 is 0. The third-order valence-corrected chi connectivity index (χ3v) is 1.14. The van der Waals surface area contributed by atoms with Crippen molar-refractivity contribution in [3.63, 3.8) is 0 Å². The Kier molecular flexibility index (Phi) is 16.8. The van der Waals surface area contributed by atoms with Gasteiger partial charge in [0.05, 0.1) is 0 Å². The van der Waals surface area contributed by atoms with Crippen LogP contribution in [-0.2, 0) is 0 Å². The lowest BCUT2D eigenvalue weighted by Gasteiger charge is -1.98. The maximum absolute atomic E-state index is 3.24. The van der Waals surface area contributed by atoms with E-state index in [4.69, 9.17) is 0 Å². The van der Waals surface area contributed by atoms with Crippen molar-refractivity contribution in [1.29, 1.82) is 0 Å². The van der Waals surface area contributed by atoms with Crippen LogP contribution in [-0.4, -0.2) is 8.67 Å². The standard InChI is InChI=1S/C7H16.Al.3BrH/c1-4-5-6-7(2)3;;;;/h7H,4-6H2,1-3H3;;3*1H/q;+3;;;/p-3. The summed E-state index contributed by atoms with van der Waals surface area (Å²) in [4.78, 5) is 0.